The van der Waals surface area contributed by atoms with E-state index >= 15 is 0 Å². The van der Waals surface area contributed by atoms with Gasteiger partial charge in [-0.2, -0.15) is 0 Å². The van der Waals surface area contributed by atoms with Gasteiger partial charge in [0, 0.05) is 19.1 Å². The molecule has 1 saturated heterocycles. The molecule has 2 aliphatic rings. The van der Waals surface area contributed by atoms with E-state index in [1.165, 1.54) is 0 Å². The van der Waals surface area contributed by atoms with Gasteiger partial charge in [-0.05, 0) is 32.6 Å². The molecule has 5 nitrogen and oxygen atoms in total. The molecule has 1 unspecified atom stereocenters. The largest absolute Gasteiger partial charge is 0.367 e. The topological polar surface area (TPSA) is 52.7 Å². The fourth-order valence-electron chi connectivity index (χ4n) is 2.78. The number of halogens is 1. The molecule has 1 atom stereocenters. The van der Waals surface area contributed by atoms with Gasteiger partial charge in [0.15, 0.2) is 0 Å². The molecule has 1 aromatic rings. The minimum atomic E-state index is -0.691. The average molecular weight is 277 g/mol. The summed E-state index contributed by atoms with van der Waals surface area (Å²) >= 11 is 0. The Kier molecular flexibility index (Phi) is 2.97. The average Bonchev–Trinajstić information content (AvgIpc) is 2.97. The second-order valence-electron chi connectivity index (χ2n) is 5.48. The molecule has 1 amide bonds. The summed E-state index contributed by atoms with van der Waals surface area (Å²) in [5.41, 5.74) is 0.979. The molecule has 0 spiro atoms. The van der Waals surface area contributed by atoms with Crippen molar-refractivity contribution in [2.24, 2.45) is 0 Å². The molecule has 3 rings (SSSR count). The summed E-state index contributed by atoms with van der Waals surface area (Å²) in [7, 11) is 4.01. The smallest absolute Gasteiger partial charge is 0.296 e. The number of nitrogens with zero attached hydrogens (tertiary/aromatic N) is 2. The Hall–Kier alpha value is -1.95. The van der Waals surface area contributed by atoms with E-state index in [0.717, 1.165) is 25.6 Å². The first-order valence-corrected chi connectivity index (χ1v) is 6.58. The Morgan fingerprint density at radius 2 is 2.10 bits per heavy atom. The highest BCUT2D eigenvalue weighted by molar-refractivity contribution is 6.51. The summed E-state index contributed by atoms with van der Waals surface area (Å²) < 4.78 is 14.2. The number of carbonyl (C=O) groups excluding carboxylic acids is 2. The van der Waals surface area contributed by atoms with Crippen molar-refractivity contribution in [3.8, 4) is 0 Å². The number of rotatable bonds is 2. The quantitative estimate of drug-likeness (QED) is 0.823. The highest BCUT2D eigenvalue weighted by atomic mass is 19.1. The SMILES string of the molecule is CN(C)C1CCN(c2cc3c(cc2F)C(=O)C(=O)N3)C1. The van der Waals surface area contributed by atoms with Gasteiger partial charge in [0.2, 0.25) is 0 Å². The minimum Gasteiger partial charge on any atom is -0.367 e. The summed E-state index contributed by atoms with van der Waals surface area (Å²) in [6.07, 6.45) is 0.967. The van der Waals surface area contributed by atoms with Crippen LogP contribution < -0.4 is 10.2 Å². The number of fused-ring (bicyclic) bond motifs is 1. The lowest BCUT2D eigenvalue weighted by Crippen LogP contribution is -2.31. The third-order valence-corrected chi connectivity index (χ3v) is 4.02. The molecule has 106 valence electrons. The number of likely N-dealkylation sites (N-methyl/N-ethyl adjacent to an activating group) is 1. The molecule has 1 aromatic carbocycles. The molecule has 20 heavy (non-hydrogen) atoms. The normalized spacial score (nSPS) is 21.6. The number of anilines is 2. The first-order valence-electron chi connectivity index (χ1n) is 6.58. The fraction of sp³-hybridized carbons (Fsp3) is 0.429. The van der Waals surface area contributed by atoms with Crippen LogP contribution in [0.15, 0.2) is 12.1 Å². The van der Waals surface area contributed by atoms with E-state index < -0.39 is 17.5 Å². The monoisotopic (exact) mass is 277 g/mol. The number of carbonyl (C=O) groups is 2. The summed E-state index contributed by atoms with van der Waals surface area (Å²) in [5.74, 6) is -1.81. The van der Waals surface area contributed by atoms with Crippen molar-refractivity contribution in [2.45, 2.75) is 12.5 Å². The molecule has 0 aliphatic carbocycles. The maximum atomic E-state index is 14.2. The highest BCUT2D eigenvalue weighted by Crippen LogP contribution is 2.33. The molecule has 6 heteroatoms. The Bertz CT molecular complexity index is 600. The standard InChI is InChI=1S/C14H16FN3O2/c1-17(2)8-3-4-18(7-8)12-6-11-9(5-10(12)15)13(19)14(20)16-11/h5-6,8H,3-4,7H2,1-2H3,(H,16,19,20). The van der Waals surface area contributed by atoms with Crippen LogP contribution in [0, 0.1) is 5.82 Å². The third-order valence-electron chi connectivity index (χ3n) is 4.02. The van der Waals surface area contributed by atoms with Gasteiger partial charge < -0.3 is 15.1 Å². The molecule has 1 N–H and O–H groups in total. The number of amides is 1. The van der Waals surface area contributed by atoms with Gasteiger partial charge in [0.25, 0.3) is 11.7 Å². The fourth-order valence-corrected chi connectivity index (χ4v) is 2.78. The van der Waals surface area contributed by atoms with E-state index in [1.54, 1.807) is 6.07 Å². The number of ketones is 1. The number of nitrogens with one attached hydrogen (secondary N) is 1. The molecule has 2 heterocycles. The van der Waals surface area contributed by atoms with E-state index in [4.69, 9.17) is 0 Å². The van der Waals surface area contributed by atoms with E-state index in [2.05, 4.69) is 10.2 Å². The van der Waals surface area contributed by atoms with Crippen LogP contribution in [0.25, 0.3) is 0 Å². The molecule has 0 radical (unpaired) electrons. The highest BCUT2D eigenvalue weighted by Gasteiger charge is 2.32. The lowest BCUT2D eigenvalue weighted by Gasteiger charge is -2.22. The van der Waals surface area contributed by atoms with E-state index in [0.29, 0.717) is 17.4 Å². The van der Waals surface area contributed by atoms with Gasteiger partial charge in [-0.15, -0.1) is 0 Å². The zero-order chi connectivity index (χ0) is 14.4. The second kappa shape index (κ2) is 4.56. The predicted octanol–water partition coefficient (Wildman–Crippen LogP) is 1.10. The summed E-state index contributed by atoms with van der Waals surface area (Å²) in [6, 6.07) is 3.11. The first kappa shape index (κ1) is 13.1. The van der Waals surface area contributed by atoms with Crippen LogP contribution in [0.5, 0.6) is 0 Å². The van der Waals surface area contributed by atoms with E-state index in [-0.39, 0.29) is 5.56 Å². The van der Waals surface area contributed by atoms with Crippen molar-refractivity contribution < 1.29 is 14.0 Å². The van der Waals surface area contributed by atoms with Crippen molar-refractivity contribution in [1.82, 2.24) is 4.90 Å². The van der Waals surface area contributed by atoms with Gasteiger partial charge in [0.05, 0.1) is 16.9 Å². The minimum absolute atomic E-state index is 0.125. The van der Waals surface area contributed by atoms with Crippen LogP contribution in [-0.2, 0) is 4.79 Å². The maximum Gasteiger partial charge on any atom is 0.296 e. The maximum absolute atomic E-state index is 14.2. The number of Topliss-reactive ketones (excluding diaryl/α,β-unsaturated/α-hetero) is 1. The molecule has 2 aliphatic heterocycles. The zero-order valence-electron chi connectivity index (χ0n) is 11.4. The van der Waals surface area contributed by atoms with E-state index in [9.17, 15) is 14.0 Å². The van der Waals surface area contributed by atoms with Crippen LogP contribution >= 0.6 is 0 Å². The van der Waals surface area contributed by atoms with Crippen LogP contribution in [0.2, 0.25) is 0 Å². The molecular weight excluding hydrogens is 261 g/mol. The van der Waals surface area contributed by atoms with Crippen LogP contribution in [0.4, 0.5) is 15.8 Å². The van der Waals surface area contributed by atoms with Crippen molar-refractivity contribution in [1.29, 1.82) is 0 Å². The predicted molar refractivity (Wildman–Crippen MR) is 73.7 cm³/mol. The van der Waals surface area contributed by atoms with Crippen molar-refractivity contribution >= 4 is 23.1 Å². The van der Waals surface area contributed by atoms with Crippen LogP contribution in [0.1, 0.15) is 16.8 Å². The van der Waals surface area contributed by atoms with Crippen LogP contribution in [0.3, 0.4) is 0 Å². The van der Waals surface area contributed by atoms with Crippen molar-refractivity contribution in [3.05, 3.63) is 23.5 Å². The molecule has 1 fully saturated rings. The van der Waals surface area contributed by atoms with Crippen molar-refractivity contribution in [3.63, 3.8) is 0 Å². The lowest BCUT2D eigenvalue weighted by atomic mass is 10.1. The second-order valence-corrected chi connectivity index (χ2v) is 5.48. The van der Waals surface area contributed by atoms with Gasteiger partial charge in [-0.3, -0.25) is 9.59 Å². The Morgan fingerprint density at radius 1 is 1.35 bits per heavy atom. The molecular formula is C14H16FN3O2. The van der Waals surface area contributed by atoms with Crippen molar-refractivity contribution in [2.75, 3.05) is 37.4 Å². The Balaban J connectivity index is 1.91. The van der Waals surface area contributed by atoms with Gasteiger partial charge in [-0.25, -0.2) is 4.39 Å². The summed E-state index contributed by atoms with van der Waals surface area (Å²) in [4.78, 5) is 26.9. The molecule has 0 bridgehead atoms. The van der Waals surface area contributed by atoms with Gasteiger partial charge in [-0.1, -0.05) is 0 Å². The van der Waals surface area contributed by atoms with Gasteiger partial charge >= 0.3 is 0 Å². The Morgan fingerprint density at radius 3 is 2.75 bits per heavy atom. The van der Waals surface area contributed by atoms with E-state index in [1.807, 2.05) is 19.0 Å². The lowest BCUT2D eigenvalue weighted by molar-refractivity contribution is -0.112. The van der Waals surface area contributed by atoms with Crippen LogP contribution in [-0.4, -0.2) is 49.8 Å². The first-order chi connectivity index (χ1) is 9.47. The van der Waals surface area contributed by atoms with Gasteiger partial charge in [0.1, 0.15) is 5.82 Å². The number of benzene rings is 1. The summed E-state index contributed by atoms with van der Waals surface area (Å²) in [5, 5.41) is 2.48. The number of hydrogen-bond acceptors (Lipinski definition) is 4. The third kappa shape index (κ3) is 1.96. The summed E-state index contributed by atoms with van der Waals surface area (Å²) in [6.45, 7) is 1.51. The Labute approximate surface area is 116 Å². The number of hydrogen-bond donors (Lipinski definition) is 1. The molecule has 0 aromatic heterocycles. The molecule has 0 saturated carbocycles. The zero-order valence-corrected chi connectivity index (χ0v) is 11.4.